The van der Waals surface area contributed by atoms with Gasteiger partial charge >= 0.3 is 5.97 Å². The number of ether oxygens (including phenoxy) is 2. The van der Waals surface area contributed by atoms with Gasteiger partial charge in [-0.1, -0.05) is 48.5 Å². The lowest BCUT2D eigenvalue weighted by Crippen LogP contribution is -2.47. The normalized spacial score (nSPS) is 38.3. The van der Waals surface area contributed by atoms with E-state index in [1.807, 2.05) is 0 Å². The molecule has 29 heavy (non-hydrogen) atoms. The summed E-state index contributed by atoms with van der Waals surface area (Å²) in [5, 5.41) is 10.8. The lowest BCUT2D eigenvalue weighted by Gasteiger charge is -2.44. The molecule has 0 aromatic rings. The third kappa shape index (κ3) is 5.74. The van der Waals surface area contributed by atoms with Crippen molar-refractivity contribution in [3.63, 3.8) is 0 Å². The highest BCUT2D eigenvalue weighted by Gasteiger charge is 2.45. The zero-order chi connectivity index (χ0) is 21.9. The first-order valence-electron chi connectivity index (χ1n) is 11.5. The highest BCUT2D eigenvalue weighted by atomic mass is 16.5. The van der Waals surface area contributed by atoms with Crippen LogP contribution in [0.15, 0.2) is 0 Å². The van der Waals surface area contributed by atoms with Crippen molar-refractivity contribution in [3.05, 3.63) is 0 Å². The minimum absolute atomic E-state index is 0.0923. The number of hydrogen-bond acceptors (Lipinski definition) is 5. The quantitative estimate of drug-likeness (QED) is 0.496. The molecule has 0 bridgehead atoms. The van der Waals surface area contributed by atoms with Crippen LogP contribution in [0.5, 0.6) is 0 Å². The fourth-order valence-corrected chi connectivity index (χ4v) is 5.65. The number of carbonyl (C=O) groups is 2. The van der Waals surface area contributed by atoms with Crippen molar-refractivity contribution in [2.24, 2.45) is 47.3 Å². The number of hydrogen-bond donors (Lipinski definition) is 1. The highest BCUT2D eigenvalue weighted by Crippen LogP contribution is 2.43. The van der Waals surface area contributed by atoms with E-state index in [1.54, 1.807) is 0 Å². The summed E-state index contributed by atoms with van der Waals surface area (Å²) in [5.74, 6) is 1.35. The van der Waals surface area contributed by atoms with Gasteiger partial charge in [-0.2, -0.15) is 0 Å². The molecular formula is C24H42O5. The van der Waals surface area contributed by atoms with Crippen LogP contribution in [0.25, 0.3) is 0 Å². The Hall–Kier alpha value is -1.10. The van der Waals surface area contributed by atoms with E-state index in [1.165, 1.54) is 0 Å². The minimum atomic E-state index is -0.350. The Morgan fingerprint density at radius 1 is 0.897 bits per heavy atom. The van der Waals surface area contributed by atoms with E-state index in [9.17, 15) is 14.7 Å². The van der Waals surface area contributed by atoms with E-state index in [-0.39, 0.29) is 53.9 Å². The Morgan fingerprint density at radius 2 is 1.41 bits per heavy atom. The van der Waals surface area contributed by atoms with Crippen LogP contribution in [0.1, 0.15) is 74.1 Å². The van der Waals surface area contributed by atoms with Crippen molar-refractivity contribution in [2.45, 2.75) is 92.5 Å². The molecule has 0 aliphatic heterocycles. The second-order valence-electron chi connectivity index (χ2n) is 10.6. The first-order chi connectivity index (χ1) is 13.6. The van der Waals surface area contributed by atoms with Gasteiger partial charge < -0.3 is 14.6 Å². The molecule has 2 saturated carbocycles. The standard InChI is InChI=1S/C24H42O5/c1-13(2)19-9-17(10-20(14(3)4)22(19)26)24(27)29-23-16(7)8-18(28-12-25)11-21(23)15(5)6/h12-23,26H,8-11H2,1-7H3. The molecule has 0 spiro atoms. The van der Waals surface area contributed by atoms with Gasteiger partial charge in [0, 0.05) is 5.92 Å². The third-order valence-corrected chi connectivity index (χ3v) is 7.55. The second-order valence-corrected chi connectivity index (χ2v) is 10.6. The zero-order valence-electron chi connectivity index (χ0n) is 19.3. The number of rotatable bonds is 7. The number of carbonyl (C=O) groups excluding carboxylic acids is 2. The van der Waals surface area contributed by atoms with Crippen molar-refractivity contribution in [1.82, 2.24) is 0 Å². The van der Waals surface area contributed by atoms with E-state index in [2.05, 4.69) is 48.5 Å². The van der Waals surface area contributed by atoms with Gasteiger partial charge in [0.2, 0.25) is 0 Å². The highest BCUT2D eigenvalue weighted by molar-refractivity contribution is 5.73. The fourth-order valence-electron chi connectivity index (χ4n) is 5.65. The summed E-state index contributed by atoms with van der Waals surface area (Å²) < 4.78 is 11.4. The summed E-state index contributed by atoms with van der Waals surface area (Å²) in [4.78, 5) is 24.0. The minimum Gasteiger partial charge on any atom is -0.465 e. The van der Waals surface area contributed by atoms with Crippen LogP contribution < -0.4 is 0 Å². The summed E-state index contributed by atoms with van der Waals surface area (Å²) in [6.45, 7) is 15.4. The summed E-state index contributed by atoms with van der Waals surface area (Å²) in [7, 11) is 0. The summed E-state index contributed by atoms with van der Waals surface area (Å²) in [6, 6.07) is 0. The van der Waals surface area contributed by atoms with Gasteiger partial charge in [0.05, 0.1) is 12.0 Å². The van der Waals surface area contributed by atoms with Crippen LogP contribution in [-0.2, 0) is 19.1 Å². The molecule has 0 saturated heterocycles. The molecule has 0 radical (unpaired) electrons. The molecule has 5 nitrogen and oxygen atoms in total. The molecule has 2 aliphatic carbocycles. The second kappa shape index (κ2) is 10.3. The number of esters is 1. The van der Waals surface area contributed by atoms with Crippen molar-refractivity contribution >= 4 is 12.4 Å². The molecule has 168 valence electrons. The predicted octanol–water partition coefficient (Wildman–Crippen LogP) is 4.46. The predicted molar refractivity (Wildman–Crippen MR) is 113 cm³/mol. The Bertz CT molecular complexity index is 525. The maximum absolute atomic E-state index is 13.2. The molecular weight excluding hydrogens is 368 g/mol. The zero-order valence-corrected chi connectivity index (χ0v) is 19.3. The molecule has 0 heterocycles. The van der Waals surface area contributed by atoms with Crippen LogP contribution in [0.4, 0.5) is 0 Å². The maximum atomic E-state index is 13.2. The SMILES string of the molecule is CC(C)C1CC(C(=O)OC2C(C)CC(OC=O)CC2C(C)C)CC(C(C)C)C1O. The molecule has 0 amide bonds. The average molecular weight is 411 g/mol. The third-order valence-electron chi connectivity index (χ3n) is 7.55. The van der Waals surface area contributed by atoms with Crippen molar-refractivity contribution in [3.8, 4) is 0 Å². The van der Waals surface area contributed by atoms with Gasteiger partial charge in [0.15, 0.2) is 0 Å². The van der Waals surface area contributed by atoms with E-state index in [4.69, 9.17) is 9.47 Å². The first kappa shape index (κ1) is 24.2. The monoisotopic (exact) mass is 410 g/mol. The van der Waals surface area contributed by atoms with Crippen molar-refractivity contribution < 1.29 is 24.2 Å². The van der Waals surface area contributed by atoms with E-state index < -0.39 is 0 Å². The maximum Gasteiger partial charge on any atom is 0.309 e. The van der Waals surface area contributed by atoms with E-state index in [0.29, 0.717) is 37.1 Å². The molecule has 6 atom stereocenters. The van der Waals surface area contributed by atoms with Gasteiger partial charge in [-0.05, 0) is 61.2 Å². The Morgan fingerprint density at radius 3 is 1.86 bits per heavy atom. The molecule has 2 aliphatic rings. The molecule has 0 aromatic heterocycles. The first-order valence-corrected chi connectivity index (χ1v) is 11.5. The van der Waals surface area contributed by atoms with Gasteiger partial charge in [-0.15, -0.1) is 0 Å². The number of aliphatic hydroxyl groups excluding tert-OH is 1. The molecule has 2 fully saturated rings. The van der Waals surface area contributed by atoms with Crippen LogP contribution in [-0.4, -0.2) is 35.9 Å². The van der Waals surface area contributed by atoms with Crippen LogP contribution in [0, 0.1) is 47.3 Å². The molecule has 1 N–H and O–H groups in total. The van der Waals surface area contributed by atoms with Crippen molar-refractivity contribution in [1.29, 1.82) is 0 Å². The van der Waals surface area contributed by atoms with E-state index in [0.717, 1.165) is 12.8 Å². The lowest BCUT2D eigenvalue weighted by atomic mass is 9.66. The molecule has 5 heteroatoms. The Labute approximate surface area is 176 Å². The Kier molecular flexibility index (Phi) is 8.57. The molecule has 6 unspecified atom stereocenters. The number of aliphatic hydroxyl groups is 1. The van der Waals surface area contributed by atoms with Crippen LogP contribution >= 0.6 is 0 Å². The summed E-state index contributed by atoms with van der Waals surface area (Å²) >= 11 is 0. The van der Waals surface area contributed by atoms with E-state index >= 15 is 0 Å². The van der Waals surface area contributed by atoms with Gasteiger partial charge in [-0.25, -0.2) is 0 Å². The largest absolute Gasteiger partial charge is 0.465 e. The fraction of sp³-hybridized carbons (Fsp3) is 0.917. The molecule has 0 aromatic carbocycles. The van der Waals surface area contributed by atoms with Crippen LogP contribution in [0.3, 0.4) is 0 Å². The summed E-state index contributed by atoms with van der Waals surface area (Å²) in [5.41, 5.74) is 0. The van der Waals surface area contributed by atoms with Gasteiger partial charge in [0.1, 0.15) is 12.2 Å². The molecule has 2 rings (SSSR count). The Balaban J connectivity index is 2.13. The lowest BCUT2D eigenvalue weighted by molar-refractivity contribution is -0.174. The topological polar surface area (TPSA) is 72.8 Å². The summed E-state index contributed by atoms with van der Waals surface area (Å²) in [6.07, 6.45) is 2.28. The van der Waals surface area contributed by atoms with Gasteiger partial charge in [-0.3, -0.25) is 9.59 Å². The smallest absolute Gasteiger partial charge is 0.309 e. The van der Waals surface area contributed by atoms with Crippen molar-refractivity contribution in [2.75, 3.05) is 0 Å². The van der Waals surface area contributed by atoms with Gasteiger partial charge in [0.25, 0.3) is 6.47 Å². The van der Waals surface area contributed by atoms with Crippen LogP contribution in [0.2, 0.25) is 0 Å². The average Bonchev–Trinajstić information content (AvgIpc) is 2.63.